The van der Waals surface area contributed by atoms with E-state index in [2.05, 4.69) is 6.92 Å². The molecule has 0 N–H and O–H groups in total. The van der Waals surface area contributed by atoms with Crippen LogP contribution in [0.25, 0.3) is 0 Å². The SMILES string of the molecule is CCCCCCCCCCCCCCCCCCOC(=O)/C=C/C(=O)OCCC. The Labute approximate surface area is 179 Å². The Bertz CT molecular complexity index is 404. The molecule has 0 aromatic carbocycles. The molecule has 0 amide bonds. The van der Waals surface area contributed by atoms with E-state index >= 15 is 0 Å². The van der Waals surface area contributed by atoms with Crippen molar-refractivity contribution in [3.05, 3.63) is 12.2 Å². The van der Waals surface area contributed by atoms with Crippen LogP contribution in [0.5, 0.6) is 0 Å². The third-order valence-corrected chi connectivity index (χ3v) is 5.05. The van der Waals surface area contributed by atoms with Crippen molar-refractivity contribution in [2.45, 2.75) is 123 Å². The maximum Gasteiger partial charge on any atom is 0.331 e. The predicted molar refractivity (Wildman–Crippen MR) is 121 cm³/mol. The molecule has 0 aliphatic rings. The quantitative estimate of drug-likeness (QED) is 0.113. The predicted octanol–water partition coefficient (Wildman–Crippen LogP) is 7.30. The summed E-state index contributed by atoms with van der Waals surface area (Å²) in [5.41, 5.74) is 0. The molecule has 170 valence electrons. The molecule has 4 heteroatoms. The zero-order valence-electron chi connectivity index (χ0n) is 19.2. The van der Waals surface area contributed by atoms with E-state index in [0.717, 1.165) is 31.4 Å². The number of rotatable bonds is 21. The average molecular weight is 411 g/mol. The molecule has 0 heterocycles. The summed E-state index contributed by atoms with van der Waals surface area (Å²) in [6.07, 6.45) is 24.2. The van der Waals surface area contributed by atoms with Crippen molar-refractivity contribution >= 4 is 11.9 Å². The first-order chi connectivity index (χ1) is 14.2. The Kier molecular flexibility index (Phi) is 21.9. The lowest BCUT2D eigenvalue weighted by Crippen LogP contribution is -2.05. The largest absolute Gasteiger partial charge is 0.463 e. The first-order valence-corrected chi connectivity index (χ1v) is 12.2. The molecule has 4 nitrogen and oxygen atoms in total. The molecule has 0 spiro atoms. The van der Waals surface area contributed by atoms with Gasteiger partial charge in [0.05, 0.1) is 13.2 Å². The van der Waals surface area contributed by atoms with Crippen LogP contribution >= 0.6 is 0 Å². The van der Waals surface area contributed by atoms with E-state index in [1.165, 1.54) is 89.9 Å². The fourth-order valence-corrected chi connectivity index (χ4v) is 3.26. The molecule has 0 unspecified atom stereocenters. The molecule has 0 saturated carbocycles. The van der Waals surface area contributed by atoms with Gasteiger partial charge in [0, 0.05) is 12.2 Å². The van der Waals surface area contributed by atoms with E-state index in [1.807, 2.05) is 6.92 Å². The monoisotopic (exact) mass is 410 g/mol. The second kappa shape index (κ2) is 23.0. The van der Waals surface area contributed by atoms with Crippen LogP contribution in [-0.2, 0) is 19.1 Å². The van der Waals surface area contributed by atoms with Gasteiger partial charge in [0.25, 0.3) is 0 Å². The van der Waals surface area contributed by atoms with Crippen LogP contribution in [0.15, 0.2) is 12.2 Å². The van der Waals surface area contributed by atoms with E-state index in [9.17, 15) is 9.59 Å². The summed E-state index contributed by atoms with van der Waals surface area (Å²) in [6, 6.07) is 0. The van der Waals surface area contributed by atoms with E-state index in [1.54, 1.807) is 0 Å². The number of hydrogen-bond acceptors (Lipinski definition) is 4. The minimum absolute atomic E-state index is 0.372. The highest BCUT2D eigenvalue weighted by atomic mass is 16.5. The molecular formula is C25H46O4. The summed E-state index contributed by atoms with van der Waals surface area (Å²) < 4.78 is 9.93. The lowest BCUT2D eigenvalue weighted by Gasteiger charge is -2.04. The smallest absolute Gasteiger partial charge is 0.331 e. The van der Waals surface area contributed by atoms with Crippen molar-refractivity contribution in [1.29, 1.82) is 0 Å². The molecule has 0 aromatic rings. The fourth-order valence-electron chi connectivity index (χ4n) is 3.26. The van der Waals surface area contributed by atoms with Gasteiger partial charge in [-0.15, -0.1) is 0 Å². The van der Waals surface area contributed by atoms with Crippen molar-refractivity contribution in [1.82, 2.24) is 0 Å². The van der Waals surface area contributed by atoms with Crippen molar-refractivity contribution in [2.24, 2.45) is 0 Å². The molecule has 0 aliphatic heterocycles. The van der Waals surface area contributed by atoms with Crippen LogP contribution in [0.2, 0.25) is 0 Å². The molecule has 0 fully saturated rings. The molecule has 0 rings (SSSR count). The number of unbranched alkanes of at least 4 members (excludes halogenated alkanes) is 15. The Morgan fingerprint density at radius 3 is 1.21 bits per heavy atom. The minimum Gasteiger partial charge on any atom is -0.463 e. The molecule has 0 radical (unpaired) electrons. The summed E-state index contributed by atoms with van der Waals surface area (Å²) in [4.78, 5) is 22.7. The Hall–Kier alpha value is -1.32. The van der Waals surface area contributed by atoms with Crippen LogP contribution in [0.1, 0.15) is 123 Å². The summed E-state index contributed by atoms with van der Waals surface area (Å²) in [7, 11) is 0. The normalized spacial score (nSPS) is 11.1. The molecule has 0 saturated heterocycles. The van der Waals surface area contributed by atoms with Gasteiger partial charge in [0.2, 0.25) is 0 Å². The number of esters is 2. The van der Waals surface area contributed by atoms with E-state index in [-0.39, 0.29) is 0 Å². The van der Waals surface area contributed by atoms with Crippen LogP contribution in [0.3, 0.4) is 0 Å². The summed E-state index contributed by atoms with van der Waals surface area (Å²) in [6.45, 7) is 4.99. The van der Waals surface area contributed by atoms with Gasteiger partial charge in [-0.25, -0.2) is 9.59 Å². The highest BCUT2D eigenvalue weighted by Gasteiger charge is 2.00. The van der Waals surface area contributed by atoms with Crippen LogP contribution in [0.4, 0.5) is 0 Å². The van der Waals surface area contributed by atoms with Gasteiger partial charge < -0.3 is 9.47 Å². The highest BCUT2D eigenvalue weighted by Crippen LogP contribution is 2.13. The second-order valence-electron chi connectivity index (χ2n) is 7.97. The Morgan fingerprint density at radius 1 is 0.483 bits per heavy atom. The Morgan fingerprint density at radius 2 is 0.828 bits per heavy atom. The summed E-state index contributed by atoms with van der Waals surface area (Å²) in [5, 5.41) is 0. The molecule has 0 bridgehead atoms. The summed E-state index contributed by atoms with van der Waals surface area (Å²) in [5.74, 6) is -0.967. The van der Waals surface area contributed by atoms with Gasteiger partial charge in [-0.3, -0.25) is 0 Å². The van der Waals surface area contributed by atoms with Gasteiger partial charge in [0.1, 0.15) is 0 Å². The molecular weight excluding hydrogens is 364 g/mol. The zero-order valence-corrected chi connectivity index (χ0v) is 19.2. The first-order valence-electron chi connectivity index (χ1n) is 12.2. The zero-order chi connectivity index (χ0) is 21.4. The lowest BCUT2D eigenvalue weighted by atomic mass is 10.0. The minimum atomic E-state index is -0.494. The van der Waals surface area contributed by atoms with E-state index in [4.69, 9.17) is 9.47 Å². The maximum absolute atomic E-state index is 11.5. The van der Waals surface area contributed by atoms with Crippen LogP contribution < -0.4 is 0 Å². The molecule has 0 aromatic heterocycles. The number of ether oxygens (including phenoxy) is 2. The van der Waals surface area contributed by atoms with Gasteiger partial charge in [-0.1, -0.05) is 110 Å². The van der Waals surface area contributed by atoms with E-state index in [0.29, 0.717) is 13.2 Å². The Balaban J connectivity index is 3.24. The maximum atomic E-state index is 11.5. The summed E-state index contributed by atoms with van der Waals surface area (Å²) >= 11 is 0. The standard InChI is InChI=1S/C25H46O4/c1-3-5-6-7-8-9-10-11-12-13-14-15-16-17-18-19-23-29-25(27)21-20-24(26)28-22-4-2/h20-21H,3-19,22-23H2,1-2H3/b21-20+. The van der Waals surface area contributed by atoms with Crippen molar-refractivity contribution < 1.29 is 19.1 Å². The van der Waals surface area contributed by atoms with Crippen molar-refractivity contribution in [2.75, 3.05) is 13.2 Å². The topological polar surface area (TPSA) is 52.6 Å². The number of carbonyl (C=O) groups excluding carboxylic acids is 2. The van der Waals surface area contributed by atoms with Gasteiger partial charge in [0.15, 0.2) is 0 Å². The van der Waals surface area contributed by atoms with Crippen molar-refractivity contribution in [3.63, 3.8) is 0 Å². The van der Waals surface area contributed by atoms with E-state index < -0.39 is 11.9 Å². The average Bonchev–Trinajstić information content (AvgIpc) is 2.72. The third-order valence-electron chi connectivity index (χ3n) is 5.05. The lowest BCUT2D eigenvalue weighted by molar-refractivity contribution is -0.140. The van der Waals surface area contributed by atoms with Crippen LogP contribution in [0, 0.1) is 0 Å². The second-order valence-corrected chi connectivity index (χ2v) is 7.97. The van der Waals surface area contributed by atoms with Gasteiger partial charge >= 0.3 is 11.9 Å². The third kappa shape index (κ3) is 22.8. The number of carbonyl (C=O) groups is 2. The van der Waals surface area contributed by atoms with Crippen molar-refractivity contribution in [3.8, 4) is 0 Å². The molecule has 0 aliphatic carbocycles. The highest BCUT2D eigenvalue weighted by molar-refractivity contribution is 5.91. The van der Waals surface area contributed by atoms with Crippen LogP contribution in [-0.4, -0.2) is 25.2 Å². The number of hydrogen-bond donors (Lipinski definition) is 0. The molecule has 0 atom stereocenters. The molecule has 29 heavy (non-hydrogen) atoms. The van der Waals surface area contributed by atoms with Gasteiger partial charge in [-0.05, 0) is 12.8 Å². The first kappa shape index (κ1) is 27.7. The fraction of sp³-hybridized carbons (Fsp3) is 0.840. The van der Waals surface area contributed by atoms with Gasteiger partial charge in [-0.2, -0.15) is 0 Å².